The molecule has 0 atom stereocenters. The van der Waals surface area contributed by atoms with Crippen LogP contribution in [0.1, 0.15) is 18.9 Å². The molecule has 1 rings (SSSR count). The summed E-state index contributed by atoms with van der Waals surface area (Å²) in [4.78, 5) is 23.8. The Hall–Kier alpha value is -1.84. The van der Waals surface area contributed by atoms with Crippen molar-refractivity contribution in [1.82, 2.24) is 4.90 Å². The third kappa shape index (κ3) is 4.68. The van der Waals surface area contributed by atoms with Gasteiger partial charge in [-0.3, -0.25) is 9.59 Å². The molecule has 92 valence electrons. The number of amides is 2. The molecule has 0 heterocycles. The van der Waals surface area contributed by atoms with Crippen LogP contribution in [-0.2, 0) is 16.0 Å². The van der Waals surface area contributed by atoms with E-state index >= 15 is 0 Å². The van der Waals surface area contributed by atoms with E-state index in [0.29, 0.717) is 6.42 Å². The van der Waals surface area contributed by atoms with Gasteiger partial charge in [-0.05, 0) is 24.1 Å². The molecule has 0 aliphatic heterocycles. The third-order valence-corrected chi connectivity index (χ3v) is 2.40. The first-order valence-corrected chi connectivity index (χ1v) is 5.55. The number of hydrogen-bond donors (Lipinski definition) is 1. The van der Waals surface area contributed by atoms with Gasteiger partial charge in [0.25, 0.3) is 0 Å². The molecular weight excluding hydrogens is 216 g/mol. The van der Waals surface area contributed by atoms with Crippen LogP contribution in [0.25, 0.3) is 0 Å². The summed E-state index contributed by atoms with van der Waals surface area (Å²) >= 11 is 0. The number of carbonyl (C=O) groups is 2. The first kappa shape index (κ1) is 13.2. The van der Waals surface area contributed by atoms with Gasteiger partial charge < -0.3 is 10.2 Å². The van der Waals surface area contributed by atoms with Gasteiger partial charge in [-0.15, -0.1) is 0 Å². The molecule has 0 bridgehead atoms. The Kier molecular flexibility index (Phi) is 4.69. The van der Waals surface area contributed by atoms with E-state index in [2.05, 4.69) is 5.32 Å². The summed E-state index contributed by atoms with van der Waals surface area (Å²) in [5.41, 5.74) is 1.87. The number of anilines is 1. The first-order chi connectivity index (χ1) is 7.99. The molecular formula is C13H18N2O2. The number of rotatable bonds is 4. The fourth-order valence-electron chi connectivity index (χ4n) is 1.43. The van der Waals surface area contributed by atoms with Gasteiger partial charge in [-0.25, -0.2) is 0 Å². The van der Waals surface area contributed by atoms with Crippen molar-refractivity contribution in [3.05, 3.63) is 29.8 Å². The van der Waals surface area contributed by atoms with E-state index in [1.807, 2.05) is 24.3 Å². The Morgan fingerprint density at radius 3 is 2.24 bits per heavy atom. The number of aryl methyl sites for hydroxylation is 1. The number of benzene rings is 1. The Balaban J connectivity index is 2.51. The quantitative estimate of drug-likeness (QED) is 0.861. The van der Waals surface area contributed by atoms with Gasteiger partial charge in [0.2, 0.25) is 11.8 Å². The van der Waals surface area contributed by atoms with Crippen LogP contribution < -0.4 is 5.32 Å². The molecule has 0 spiro atoms. The number of carbonyl (C=O) groups excluding carboxylic acids is 2. The molecule has 0 aliphatic carbocycles. The summed E-state index contributed by atoms with van der Waals surface area (Å²) in [5, 5.41) is 2.70. The third-order valence-electron chi connectivity index (χ3n) is 2.40. The van der Waals surface area contributed by atoms with Crippen molar-refractivity contribution in [3.63, 3.8) is 0 Å². The van der Waals surface area contributed by atoms with Crippen LogP contribution in [-0.4, -0.2) is 30.8 Å². The number of nitrogens with zero attached hydrogens (tertiary/aromatic N) is 1. The summed E-state index contributed by atoms with van der Waals surface area (Å²) < 4.78 is 0. The molecule has 0 unspecified atom stereocenters. The highest BCUT2D eigenvalue weighted by Crippen LogP contribution is 2.11. The van der Waals surface area contributed by atoms with Crippen molar-refractivity contribution in [3.8, 4) is 0 Å². The molecule has 1 N–H and O–H groups in total. The summed E-state index contributed by atoms with van der Waals surface area (Å²) in [5.74, 6) is 0.0384. The van der Waals surface area contributed by atoms with E-state index in [9.17, 15) is 9.59 Å². The van der Waals surface area contributed by atoms with Crippen LogP contribution >= 0.6 is 0 Å². The van der Waals surface area contributed by atoms with Crippen LogP contribution in [0.2, 0.25) is 0 Å². The minimum absolute atomic E-state index is 0.0828. The highest BCUT2D eigenvalue weighted by Gasteiger charge is 2.04. The van der Waals surface area contributed by atoms with Crippen molar-refractivity contribution in [2.45, 2.75) is 19.8 Å². The van der Waals surface area contributed by atoms with Gasteiger partial charge in [0, 0.05) is 33.1 Å². The highest BCUT2D eigenvalue weighted by molar-refractivity contribution is 5.88. The normalized spacial score (nSPS) is 9.82. The Labute approximate surface area is 102 Å². The fraction of sp³-hybridized carbons (Fsp3) is 0.385. The van der Waals surface area contributed by atoms with Crippen molar-refractivity contribution in [1.29, 1.82) is 0 Å². The molecule has 0 radical (unpaired) electrons. The fourth-order valence-corrected chi connectivity index (χ4v) is 1.43. The van der Waals surface area contributed by atoms with E-state index in [-0.39, 0.29) is 11.8 Å². The maximum Gasteiger partial charge on any atom is 0.222 e. The van der Waals surface area contributed by atoms with Crippen molar-refractivity contribution in [2.24, 2.45) is 0 Å². The van der Waals surface area contributed by atoms with E-state index in [1.165, 1.54) is 6.92 Å². The van der Waals surface area contributed by atoms with Crippen molar-refractivity contribution in [2.75, 3.05) is 19.4 Å². The molecule has 2 amide bonds. The SMILES string of the molecule is CC(=O)Nc1ccc(CCC(=O)N(C)C)cc1. The van der Waals surface area contributed by atoms with E-state index in [0.717, 1.165) is 17.7 Å². The summed E-state index contributed by atoms with van der Waals surface area (Å²) in [6.07, 6.45) is 1.23. The summed E-state index contributed by atoms with van der Waals surface area (Å²) in [6.45, 7) is 1.48. The van der Waals surface area contributed by atoms with Gasteiger partial charge in [0.05, 0.1) is 0 Å². The predicted octanol–water partition coefficient (Wildman–Crippen LogP) is 1.67. The number of nitrogens with one attached hydrogen (secondary N) is 1. The molecule has 0 fully saturated rings. The zero-order valence-corrected chi connectivity index (χ0v) is 10.5. The van der Waals surface area contributed by atoms with E-state index in [1.54, 1.807) is 19.0 Å². The van der Waals surface area contributed by atoms with E-state index in [4.69, 9.17) is 0 Å². The van der Waals surface area contributed by atoms with Crippen LogP contribution in [0, 0.1) is 0 Å². The molecule has 4 heteroatoms. The Morgan fingerprint density at radius 2 is 1.76 bits per heavy atom. The predicted molar refractivity (Wildman–Crippen MR) is 67.8 cm³/mol. The second kappa shape index (κ2) is 6.03. The smallest absolute Gasteiger partial charge is 0.222 e. The maximum atomic E-state index is 11.4. The van der Waals surface area contributed by atoms with Gasteiger partial charge >= 0.3 is 0 Å². The molecule has 1 aromatic rings. The first-order valence-electron chi connectivity index (χ1n) is 5.55. The Morgan fingerprint density at radius 1 is 1.18 bits per heavy atom. The van der Waals surface area contributed by atoms with Gasteiger partial charge in [-0.2, -0.15) is 0 Å². The van der Waals surface area contributed by atoms with Crippen LogP contribution in [0.3, 0.4) is 0 Å². The van der Waals surface area contributed by atoms with Crippen LogP contribution in [0.15, 0.2) is 24.3 Å². The molecule has 0 aliphatic rings. The lowest BCUT2D eigenvalue weighted by atomic mass is 10.1. The second-order valence-corrected chi connectivity index (χ2v) is 4.17. The van der Waals surface area contributed by atoms with E-state index < -0.39 is 0 Å². The van der Waals surface area contributed by atoms with Gasteiger partial charge in [0.15, 0.2) is 0 Å². The topological polar surface area (TPSA) is 49.4 Å². The maximum absolute atomic E-state index is 11.4. The zero-order chi connectivity index (χ0) is 12.8. The highest BCUT2D eigenvalue weighted by atomic mass is 16.2. The van der Waals surface area contributed by atoms with Crippen LogP contribution in [0.5, 0.6) is 0 Å². The van der Waals surface area contributed by atoms with Crippen molar-refractivity contribution >= 4 is 17.5 Å². The lowest BCUT2D eigenvalue weighted by Crippen LogP contribution is -2.21. The molecule has 0 saturated carbocycles. The lowest BCUT2D eigenvalue weighted by molar-refractivity contribution is -0.128. The average Bonchev–Trinajstić information content (AvgIpc) is 2.26. The molecule has 0 saturated heterocycles. The lowest BCUT2D eigenvalue weighted by Gasteiger charge is -2.10. The molecule has 17 heavy (non-hydrogen) atoms. The molecule has 0 aromatic heterocycles. The van der Waals surface area contributed by atoms with Crippen molar-refractivity contribution < 1.29 is 9.59 Å². The molecule has 1 aromatic carbocycles. The van der Waals surface area contributed by atoms with Crippen LogP contribution in [0.4, 0.5) is 5.69 Å². The number of hydrogen-bond acceptors (Lipinski definition) is 2. The standard InChI is InChI=1S/C13H18N2O2/c1-10(16)14-12-7-4-11(5-8-12)6-9-13(17)15(2)3/h4-5,7-8H,6,9H2,1-3H3,(H,14,16). The largest absolute Gasteiger partial charge is 0.349 e. The zero-order valence-electron chi connectivity index (χ0n) is 10.5. The monoisotopic (exact) mass is 234 g/mol. The van der Waals surface area contributed by atoms with Gasteiger partial charge in [-0.1, -0.05) is 12.1 Å². The minimum atomic E-state index is -0.0828. The average molecular weight is 234 g/mol. The second-order valence-electron chi connectivity index (χ2n) is 4.17. The Bertz CT molecular complexity index is 396. The summed E-state index contributed by atoms with van der Waals surface area (Å²) in [7, 11) is 3.50. The van der Waals surface area contributed by atoms with Gasteiger partial charge in [0.1, 0.15) is 0 Å². The molecule has 4 nitrogen and oxygen atoms in total. The summed E-state index contributed by atoms with van der Waals surface area (Å²) in [6, 6.07) is 7.54. The minimum Gasteiger partial charge on any atom is -0.349 e.